The van der Waals surface area contributed by atoms with Crippen LogP contribution in [0.1, 0.15) is 11.1 Å². The number of fused-ring (bicyclic) bond motifs is 1. The van der Waals surface area contributed by atoms with Gasteiger partial charge in [0.1, 0.15) is 11.4 Å². The lowest BCUT2D eigenvalue weighted by Crippen LogP contribution is -1.98. The van der Waals surface area contributed by atoms with Crippen molar-refractivity contribution in [3.05, 3.63) is 70.5 Å². The molecule has 0 radical (unpaired) electrons. The third kappa shape index (κ3) is 3.43. The van der Waals surface area contributed by atoms with E-state index in [1.54, 1.807) is 22.8 Å². The highest BCUT2D eigenvalue weighted by Crippen LogP contribution is 2.27. The van der Waals surface area contributed by atoms with Crippen molar-refractivity contribution in [3.63, 3.8) is 0 Å². The Balaban J connectivity index is 1.64. The molecule has 0 fully saturated rings. The molecular weight excluding hydrogens is 398 g/mol. The SMILES string of the molecule is Cc1ccc(-n2nnc3c(SCc4ccc(Br)cc4)ncnc32)cc1. The van der Waals surface area contributed by atoms with E-state index in [1.165, 1.54) is 11.1 Å². The quantitative estimate of drug-likeness (QED) is 0.363. The number of nitrogens with zero attached hydrogens (tertiary/aromatic N) is 5. The van der Waals surface area contributed by atoms with Gasteiger partial charge in [-0.15, -0.1) is 5.10 Å². The zero-order valence-corrected chi connectivity index (χ0v) is 15.8. The van der Waals surface area contributed by atoms with Gasteiger partial charge in [-0.25, -0.2) is 9.97 Å². The molecule has 0 bridgehead atoms. The average Bonchev–Trinajstić information content (AvgIpc) is 3.07. The van der Waals surface area contributed by atoms with Crippen LogP contribution < -0.4 is 0 Å². The van der Waals surface area contributed by atoms with Crippen LogP contribution in [-0.2, 0) is 5.75 Å². The second-order valence-electron chi connectivity index (χ2n) is 5.60. The molecule has 0 amide bonds. The molecule has 0 unspecified atom stereocenters. The fourth-order valence-corrected chi connectivity index (χ4v) is 3.58. The van der Waals surface area contributed by atoms with E-state index in [-0.39, 0.29) is 0 Å². The van der Waals surface area contributed by atoms with Crippen molar-refractivity contribution in [3.8, 4) is 5.69 Å². The Bertz CT molecular complexity index is 1010. The molecule has 0 aliphatic heterocycles. The summed E-state index contributed by atoms with van der Waals surface area (Å²) in [6, 6.07) is 16.4. The monoisotopic (exact) mass is 411 g/mol. The lowest BCUT2D eigenvalue weighted by atomic mass is 10.2. The van der Waals surface area contributed by atoms with Crippen LogP contribution in [-0.4, -0.2) is 25.0 Å². The van der Waals surface area contributed by atoms with Gasteiger partial charge in [0.05, 0.1) is 5.69 Å². The highest BCUT2D eigenvalue weighted by Gasteiger charge is 2.13. The summed E-state index contributed by atoms with van der Waals surface area (Å²) in [5, 5.41) is 9.41. The number of rotatable bonds is 4. The second kappa shape index (κ2) is 6.93. The van der Waals surface area contributed by atoms with E-state index >= 15 is 0 Å². The largest absolute Gasteiger partial charge is 0.227 e. The van der Waals surface area contributed by atoms with Gasteiger partial charge in [-0.05, 0) is 36.8 Å². The molecule has 124 valence electrons. The molecule has 0 spiro atoms. The number of halogens is 1. The van der Waals surface area contributed by atoms with Crippen LogP contribution in [0.5, 0.6) is 0 Å². The Morgan fingerprint density at radius 3 is 2.52 bits per heavy atom. The van der Waals surface area contributed by atoms with Crippen molar-refractivity contribution >= 4 is 38.9 Å². The van der Waals surface area contributed by atoms with Crippen molar-refractivity contribution in [2.24, 2.45) is 0 Å². The normalized spacial score (nSPS) is 11.1. The molecule has 4 aromatic rings. The fraction of sp³-hybridized carbons (Fsp3) is 0.111. The van der Waals surface area contributed by atoms with Crippen LogP contribution in [0.2, 0.25) is 0 Å². The van der Waals surface area contributed by atoms with Crippen LogP contribution in [0.15, 0.2) is 64.4 Å². The molecular formula is C18H14BrN5S. The first-order chi connectivity index (χ1) is 12.2. The van der Waals surface area contributed by atoms with Gasteiger partial charge in [0, 0.05) is 10.2 Å². The number of aryl methyl sites for hydroxylation is 1. The Labute approximate surface area is 157 Å². The molecule has 0 atom stereocenters. The van der Waals surface area contributed by atoms with Gasteiger partial charge in [0.25, 0.3) is 0 Å². The third-order valence-corrected chi connectivity index (χ3v) is 5.35. The molecule has 5 nitrogen and oxygen atoms in total. The molecule has 0 saturated carbocycles. The highest BCUT2D eigenvalue weighted by atomic mass is 79.9. The van der Waals surface area contributed by atoms with E-state index in [4.69, 9.17) is 0 Å². The Hall–Kier alpha value is -2.25. The van der Waals surface area contributed by atoms with Crippen LogP contribution in [0.3, 0.4) is 0 Å². The number of aromatic nitrogens is 5. The highest BCUT2D eigenvalue weighted by molar-refractivity contribution is 9.10. The fourth-order valence-electron chi connectivity index (χ4n) is 2.43. The first-order valence-corrected chi connectivity index (χ1v) is 9.49. The van der Waals surface area contributed by atoms with Gasteiger partial charge < -0.3 is 0 Å². The lowest BCUT2D eigenvalue weighted by molar-refractivity contribution is 0.816. The number of hydrogen-bond acceptors (Lipinski definition) is 5. The van der Waals surface area contributed by atoms with Crippen LogP contribution in [0.25, 0.3) is 16.9 Å². The van der Waals surface area contributed by atoms with Crippen molar-refractivity contribution in [1.29, 1.82) is 0 Å². The topological polar surface area (TPSA) is 56.5 Å². The summed E-state index contributed by atoms with van der Waals surface area (Å²) in [6.07, 6.45) is 1.57. The summed E-state index contributed by atoms with van der Waals surface area (Å²) >= 11 is 5.09. The minimum Gasteiger partial charge on any atom is -0.227 e. The molecule has 0 N–H and O–H groups in total. The maximum absolute atomic E-state index is 4.39. The zero-order valence-electron chi connectivity index (χ0n) is 13.4. The van der Waals surface area contributed by atoms with E-state index in [9.17, 15) is 0 Å². The van der Waals surface area contributed by atoms with Crippen LogP contribution in [0.4, 0.5) is 0 Å². The predicted molar refractivity (Wildman–Crippen MR) is 103 cm³/mol. The summed E-state index contributed by atoms with van der Waals surface area (Å²) in [7, 11) is 0. The predicted octanol–water partition coefficient (Wildman–Crippen LogP) is 4.57. The molecule has 25 heavy (non-hydrogen) atoms. The van der Waals surface area contributed by atoms with Crippen LogP contribution in [0, 0.1) is 6.92 Å². The maximum Gasteiger partial charge on any atom is 0.187 e. The van der Waals surface area contributed by atoms with Gasteiger partial charge >= 0.3 is 0 Å². The first-order valence-electron chi connectivity index (χ1n) is 7.71. The van der Waals surface area contributed by atoms with Gasteiger partial charge in [0.2, 0.25) is 0 Å². The maximum atomic E-state index is 4.39. The molecule has 0 aliphatic rings. The van der Waals surface area contributed by atoms with E-state index in [1.807, 2.05) is 36.4 Å². The average molecular weight is 412 g/mol. The minimum absolute atomic E-state index is 0.720. The minimum atomic E-state index is 0.720. The van der Waals surface area contributed by atoms with Gasteiger partial charge in [-0.3, -0.25) is 0 Å². The van der Waals surface area contributed by atoms with Crippen molar-refractivity contribution in [1.82, 2.24) is 25.0 Å². The summed E-state index contributed by atoms with van der Waals surface area (Å²) in [5.74, 6) is 0.816. The summed E-state index contributed by atoms with van der Waals surface area (Å²) in [4.78, 5) is 8.76. The van der Waals surface area contributed by atoms with E-state index in [2.05, 4.69) is 55.3 Å². The smallest absolute Gasteiger partial charge is 0.187 e. The summed E-state index contributed by atoms with van der Waals surface area (Å²) < 4.78 is 2.83. The lowest BCUT2D eigenvalue weighted by Gasteiger charge is -2.03. The molecule has 0 saturated heterocycles. The van der Waals surface area contributed by atoms with Crippen molar-refractivity contribution in [2.45, 2.75) is 17.7 Å². The van der Waals surface area contributed by atoms with Gasteiger partial charge in [0.15, 0.2) is 11.2 Å². The van der Waals surface area contributed by atoms with Gasteiger partial charge in [-0.1, -0.05) is 62.7 Å². The Morgan fingerprint density at radius 1 is 1.00 bits per heavy atom. The molecule has 2 heterocycles. The number of thioether (sulfide) groups is 1. The zero-order chi connectivity index (χ0) is 17.2. The standard InChI is InChI=1S/C18H14BrN5S/c1-12-2-8-15(9-3-12)24-17-16(22-23-24)18(21-11-20-17)25-10-13-4-6-14(19)7-5-13/h2-9,11H,10H2,1H3. The number of benzene rings is 2. The number of hydrogen-bond donors (Lipinski definition) is 0. The van der Waals surface area contributed by atoms with Crippen molar-refractivity contribution in [2.75, 3.05) is 0 Å². The molecule has 7 heteroatoms. The van der Waals surface area contributed by atoms with E-state index in [0.29, 0.717) is 0 Å². The Kier molecular flexibility index (Phi) is 4.50. The molecule has 4 rings (SSSR count). The van der Waals surface area contributed by atoms with E-state index < -0.39 is 0 Å². The molecule has 0 aliphatic carbocycles. The third-order valence-electron chi connectivity index (χ3n) is 3.77. The first kappa shape index (κ1) is 16.2. The summed E-state index contributed by atoms with van der Waals surface area (Å²) in [6.45, 7) is 2.06. The second-order valence-corrected chi connectivity index (χ2v) is 7.48. The van der Waals surface area contributed by atoms with Crippen molar-refractivity contribution < 1.29 is 0 Å². The Morgan fingerprint density at radius 2 is 1.76 bits per heavy atom. The van der Waals surface area contributed by atoms with Gasteiger partial charge in [-0.2, -0.15) is 4.68 Å². The van der Waals surface area contributed by atoms with E-state index in [0.717, 1.165) is 32.1 Å². The molecule has 2 aromatic carbocycles. The summed E-state index contributed by atoms with van der Waals surface area (Å²) in [5.41, 5.74) is 4.82. The van der Waals surface area contributed by atoms with Crippen LogP contribution >= 0.6 is 27.7 Å². The molecule has 2 aromatic heterocycles.